The lowest BCUT2D eigenvalue weighted by atomic mass is 10.3. The van der Waals surface area contributed by atoms with Crippen LogP contribution in [0.15, 0.2) is 18.2 Å². The van der Waals surface area contributed by atoms with Crippen molar-refractivity contribution < 1.29 is 33.4 Å². The number of benzene rings is 1. The first-order valence-electron chi connectivity index (χ1n) is 5.68. The quantitative estimate of drug-likeness (QED) is 0.672. The predicted octanol–water partition coefficient (Wildman–Crippen LogP) is 0.374. The van der Waals surface area contributed by atoms with Crippen LogP contribution in [0.3, 0.4) is 0 Å². The molecule has 1 aromatic carbocycles. The molecule has 0 bridgehead atoms. The highest BCUT2D eigenvalue weighted by Crippen LogP contribution is 2.12. The Labute approximate surface area is 117 Å². The predicted molar refractivity (Wildman–Crippen MR) is 66.7 cm³/mol. The van der Waals surface area contributed by atoms with Crippen LogP contribution < -0.4 is 5.32 Å². The van der Waals surface area contributed by atoms with Gasteiger partial charge in [0.15, 0.2) is 0 Å². The average Bonchev–Trinajstić information content (AvgIpc) is 2.24. The third-order valence-electron chi connectivity index (χ3n) is 2.23. The monoisotopic (exact) mass is 302 g/mol. The Morgan fingerprint density at radius 3 is 1.86 bits per heavy atom. The summed E-state index contributed by atoms with van der Waals surface area (Å²) in [6.45, 7) is -1.86. The first-order valence-corrected chi connectivity index (χ1v) is 5.68. The Morgan fingerprint density at radius 2 is 1.43 bits per heavy atom. The number of carboxylic acid groups (broad SMARTS) is 2. The Hall–Kier alpha value is -2.55. The molecule has 0 fully saturated rings. The van der Waals surface area contributed by atoms with Crippen molar-refractivity contribution in [2.75, 3.05) is 25.0 Å². The number of hydrogen-bond donors (Lipinski definition) is 3. The summed E-state index contributed by atoms with van der Waals surface area (Å²) in [6.07, 6.45) is 0. The molecule has 114 valence electrons. The molecule has 0 spiro atoms. The van der Waals surface area contributed by atoms with Crippen molar-refractivity contribution in [3.63, 3.8) is 0 Å². The van der Waals surface area contributed by atoms with E-state index in [9.17, 15) is 23.2 Å². The van der Waals surface area contributed by atoms with Crippen molar-refractivity contribution in [1.82, 2.24) is 4.90 Å². The highest BCUT2D eigenvalue weighted by molar-refractivity contribution is 5.92. The highest BCUT2D eigenvalue weighted by Gasteiger charge is 2.17. The Kier molecular flexibility index (Phi) is 5.73. The summed E-state index contributed by atoms with van der Waals surface area (Å²) in [4.78, 5) is 33.6. The van der Waals surface area contributed by atoms with Crippen LogP contribution >= 0.6 is 0 Å². The van der Waals surface area contributed by atoms with Gasteiger partial charge in [0.1, 0.15) is 11.6 Å². The van der Waals surface area contributed by atoms with Crippen molar-refractivity contribution in [1.29, 1.82) is 0 Å². The van der Waals surface area contributed by atoms with E-state index < -0.39 is 49.1 Å². The molecule has 3 N–H and O–H groups in total. The number of carbonyl (C=O) groups is 3. The van der Waals surface area contributed by atoms with Crippen LogP contribution in [0.2, 0.25) is 0 Å². The molecule has 0 aliphatic heterocycles. The van der Waals surface area contributed by atoms with Gasteiger partial charge in [-0.2, -0.15) is 0 Å². The number of aliphatic carboxylic acids is 2. The number of nitrogens with one attached hydrogen (secondary N) is 1. The number of carboxylic acids is 2. The van der Waals surface area contributed by atoms with E-state index in [0.717, 1.165) is 17.0 Å². The van der Waals surface area contributed by atoms with E-state index in [4.69, 9.17) is 10.2 Å². The largest absolute Gasteiger partial charge is 0.480 e. The van der Waals surface area contributed by atoms with Crippen LogP contribution in [0, 0.1) is 11.6 Å². The molecule has 1 aromatic rings. The molecule has 0 aromatic heterocycles. The van der Waals surface area contributed by atoms with Gasteiger partial charge in [0.05, 0.1) is 19.6 Å². The van der Waals surface area contributed by atoms with Crippen molar-refractivity contribution >= 4 is 23.5 Å². The van der Waals surface area contributed by atoms with E-state index in [1.807, 2.05) is 0 Å². The van der Waals surface area contributed by atoms with Crippen molar-refractivity contribution in [2.45, 2.75) is 0 Å². The second kappa shape index (κ2) is 7.29. The SMILES string of the molecule is O=C(O)CN(CC(=O)O)CC(=O)Nc1cc(F)cc(F)c1. The lowest BCUT2D eigenvalue weighted by Gasteiger charge is -2.17. The summed E-state index contributed by atoms with van der Waals surface area (Å²) < 4.78 is 25.9. The standard InChI is InChI=1S/C12H12F2N2O5/c13-7-1-8(14)3-9(2-7)15-10(17)4-16(5-11(18)19)6-12(20)21/h1-3H,4-6H2,(H,15,17)(H,18,19)(H,20,21). The normalized spacial score (nSPS) is 10.4. The zero-order valence-electron chi connectivity index (χ0n) is 10.7. The number of amides is 1. The first-order chi connectivity index (χ1) is 9.76. The number of hydrogen-bond acceptors (Lipinski definition) is 4. The summed E-state index contributed by atoms with van der Waals surface area (Å²) >= 11 is 0. The van der Waals surface area contributed by atoms with Gasteiger partial charge in [-0.1, -0.05) is 0 Å². The van der Waals surface area contributed by atoms with Gasteiger partial charge in [0, 0.05) is 11.8 Å². The summed E-state index contributed by atoms with van der Waals surface area (Å²) in [5, 5.41) is 19.4. The van der Waals surface area contributed by atoms with Crippen molar-refractivity contribution in [3.05, 3.63) is 29.8 Å². The Balaban J connectivity index is 2.68. The summed E-state index contributed by atoms with van der Waals surface area (Å²) in [5.41, 5.74) is -0.150. The third-order valence-corrected chi connectivity index (χ3v) is 2.23. The van der Waals surface area contributed by atoms with Gasteiger partial charge in [-0.25, -0.2) is 8.78 Å². The maximum atomic E-state index is 12.9. The van der Waals surface area contributed by atoms with E-state index in [1.54, 1.807) is 0 Å². The van der Waals surface area contributed by atoms with E-state index >= 15 is 0 Å². The summed E-state index contributed by atoms with van der Waals surface area (Å²) in [5.74, 6) is -5.18. The summed E-state index contributed by atoms with van der Waals surface area (Å²) in [6, 6.07) is 2.37. The number of carbonyl (C=O) groups excluding carboxylic acids is 1. The minimum atomic E-state index is -1.30. The number of halogens is 2. The van der Waals surface area contributed by atoms with Crippen LogP contribution in [0.1, 0.15) is 0 Å². The molecule has 0 unspecified atom stereocenters. The maximum Gasteiger partial charge on any atom is 0.317 e. The highest BCUT2D eigenvalue weighted by atomic mass is 19.1. The van der Waals surface area contributed by atoms with Crippen LogP contribution in [0.25, 0.3) is 0 Å². The molecule has 1 amide bonds. The van der Waals surface area contributed by atoms with E-state index in [-0.39, 0.29) is 5.69 Å². The zero-order valence-corrected chi connectivity index (χ0v) is 10.7. The van der Waals surface area contributed by atoms with Crippen LogP contribution in [-0.4, -0.2) is 52.6 Å². The maximum absolute atomic E-state index is 12.9. The minimum Gasteiger partial charge on any atom is -0.480 e. The average molecular weight is 302 g/mol. The number of anilines is 1. The van der Waals surface area contributed by atoms with Gasteiger partial charge in [0.25, 0.3) is 0 Å². The van der Waals surface area contributed by atoms with Gasteiger partial charge in [-0.15, -0.1) is 0 Å². The number of nitrogens with zero attached hydrogens (tertiary/aromatic N) is 1. The van der Waals surface area contributed by atoms with Crippen molar-refractivity contribution in [3.8, 4) is 0 Å². The molecule has 9 heteroatoms. The van der Waals surface area contributed by atoms with E-state index in [1.165, 1.54) is 0 Å². The summed E-state index contributed by atoms with van der Waals surface area (Å²) in [7, 11) is 0. The van der Waals surface area contributed by atoms with Gasteiger partial charge in [-0.05, 0) is 12.1 Å². The van der Waals surface area contributed by atoms with Crippen LogP contribution in [-0.2, 0) is 14.4 Å². The molecule has 7 nitrogen and oxygen atoms in total. The molecular formula is C12H12F2N2O5. The molecule has 0 heterocycles. The Morgan fingerprint density at radius 1 is 0.952 bits per heavy atom. The molecule has 0 radical (unpaired) electrons. The second-order valence-electron chi connectivity index (χ2n) is 4.14. The fourth-order valence-corrected chi connectivity index (χ4v) is 1.58. The first kappa shape index (κ1) is 16.5. The molecular weight excluding hydrogens is 290 g/mol. The van der Waals surface area contributed by atoms with Gasteiger partial charge in [0.2, 0.25) is 5.91 Å². The topological polar surface area (TPSA) is 107 Å². The fraction of sp³-hybridized carbons (Fsp3) is 0.250. The van der Waals surface area contributed by atoms with Gasteiger partial charge < -0.3 is 15.5 Å². The third kappa shape index (κ3) is 6.43. The van der Waals surface area contributed by atoms with Gasteiger partial charge >= 0.3 is 11.9 Å². The van der Waals surface area contributed by atoms with Crippen molar-refractivity contribution in [2.24, 2.45) is 0 Å². The lowest BCUT2D eigenvalue weighted by molar-refractivity contribution is -0.142. The molecule has 0 aliphatic carbocycles. The van der Waals surface area contributed by atoms with Crippen LogP contribution in [0.5, 0.6) is 0 Å². The lowest BCUT2D eigenvalue weighted by Crippen LogP contribution is -2.40. The molecule has 0 saturated heterocycles. The molecule has 1 rings (SSSR count). The minimum absolute atomic E-state index is 0.150. The van der Waals surface area contributed by atoms with Gasteiger partial charge in [-0.3, -0.25) is 19.3 Å². The fourth-order valence-electron chi connectivity index (χ4n) is 1.58. The zero-order chi connectivity index (χ0) is 16.0. The molecule has 0 aliphatic rings. The second-order valence-corrected chi connectivity index (χ2v) is 4.14. The van der Waals surface area contributed by atoms with E-state index in [0.29, 0.717) is 6.07 Å². The van der Waals surface area contributed by atoms with Crippen LogP contribution in [0.4, 0.5) is 14.5 Å². The number of rotatable bonds is 7. The molecule has 0 saturated carbocycles. The smallest absolute Gasteiger partial charge is 0.317 e. The molecule has 0 atom stereocenters. The molecule has 21 heavy (non-hydrogen) atoms. The Bertz CT molecular complexity index is 528. The van der Waals surface area contributed by atoms with E-state index in [2.05, 4.69) is 5.32 Å².